The maximum Gasteiger partial charge on any atom is 0.342 e. The molecule has 1 aromatic rings. The van der Waals surface area contributed by atoms with Crippen LogP contribution < -0.4 is 5.48 Å². The number of aliphatic hydroxyl groups excluding tert-OH is 2. The molecule has 9 nitrogen and oxygen atoms in total. The molecular weight excluding hydrogens is 346 g/mol. The Kier molecular flexibility index (Phi) is 8.73. The van der Waals surface area contributed by atoms with Crippen molar-refractivity contribution in [3.05, 3.63) is 47.2 Å². The van der Waals surface area contributed by atoms with E-state index in [2.05, 4.69) is 0 Å². The van der Waals surface area contributed by atoms with E-state index in [1.54, 1.807) is 35.8 Å². The lowest BCUT2D eigenvalue weighted by atomic mass is 10.1. The van der Waals surface area contributed by atoms with E-state index in [9.17, 15) is 24.9 Å². The molecule has 0 saturated carbocycles. The summed E-state index contributed by atoms with van der Waals surface area (Å²) < 4.78 is 9.81. The van der Waals surface area contributed by atoms with Crippen molar-refractivity contribution in [1.82, 2.24) is 5.48 Å². The minimum absolute atomic E-state index is 0.0623. The molecule has 0 spiro atoms. The van der Waals surface area contributed by atoms with Crippen molar-refractivity contribution in [3.8, 4) is 0 Å². The zero-order valence-corrected chi connectivity index (χ0v) is 14.5. The van der Waals surface area contributed by atoms with Crippen LogP contribution in [0, 0.1) is 0 Å². The number of benzene rings is 1. The van der Waals surface area contributed by atoms with Crippen molar-refractivity contribution in [2.75, 3.05) is 0 Å². The molecule has 1 rings (SSSR count). The van der Waals surface area contributed by atoms with Gasteiger partial charge in [-0.25, -0.2) is 4.79 Å². The molecule has 0 saturated heterocycles. The first kappa shape index (κ1) is 21.6. The first-order chi connectivity index (χ1) is 12.3. The summed E-state index contributed by atoms with van der Waals surface area (Å²) in [6.45, 7) is 3.01. The van der Waals surface area contributed by atoms with Crippen molar-refractivity contribution in [2.24, 2.45) is 0 Å². The molecule has 0 unspecified atom stereocenters. The highest BCUT2D eigenvalue weighted by atomic mass is 16.6. The van der Waals surface area contributed by atoms with E-state index in [1.165, 1.54) is 13.8 Å². The lowest BCUT2D eigenvalue weighted by Crippen LogP contribution is -2.37. The second kappa shape index (κ2) is 10.5. The average Bonchev–Trinajstić information content (AvgIpc) is 2.57. The Morgan fingerprint density at radius 3 is 2.27 bits per heavy atom. The summed E-state index contributed by atoms with van der Waals surface area (Å²) in [6, 6.07) is 7.34. The molecule has 0 aliphatic carbocycles. The highest BCUT2D eigenvalue weighted by molar-refractivity contribution is 5.90. The molecule has 0 heterocycles. The van der Waals surface area contributed by atoms with Gasteiger partial charge in [0, 0.05) is 6.42 Å². The largest absolute Gasteiger partial charge is 0.511 e. The van der Waals surface area contributed by atoms with Crippen molar-refractivity contribution < 1.29 is 39.6 Å². The van der Waals surface area contributed by atoms with Gasteiger partial charge in [-0.05, 0) is 19.4 Å². The van der Waals surface area contributed by atoms with Gasteiger partial charge in [-0.1, -0.05) is 30.3 Å². The maximum absolute atomic E-state index is 12.0. The van der Waals surface area contributed by atoms with Crippen LogP contribution in [0.1, 0.15) is 25.8 Å². The molecule has 144 valence electrons. The van der Waals surface area contributed by atoms with Crippen LogP contribution in [0.2, 0.25) is 0 Å². The smallest absolute Gasteiger partial charge is 0.342 e. The van der Waals surface area contributed by atoms with E-state index in [0.29, 0.717) is 5.56 Å². The molecule has 0 radical (unpaired) electrons. The van der Waals surface area contributed by atoms with Gasteiger partial charge in [0.05, 0.1) is 6.10 Å². The van der Waals surface area contributed by atoms with E-state index in [1.807, 2.05) is 0 Å². The van der Waals surface area contributed by atoms with Crippen LogP contribution in [0.5, 0.6) is 0 Å². The topological polar surface area (TPSA) is 146 Å². The standard InChI is InChI=1S/C17H23NO8/c1-10(2)26-17(23)14(15(20)21)13(19)8-12(18-24)16(22)25-9-11-6-4-3-5-7-11/h3-7,10,12,15,18-21,24H,8-9H2,1-2H3/b14-13+/t12-/m0/s1. The molecule has 0 fully saturated rings. The number of hydroxylamine groups is 1. The zero-order chi connectivity index (χ0) is 19.7. The van der Waals surface area contributed by atoms with Crippen LogP contribution in [0.3, 0.4) is 0 Å². The third kappa shape index (κ3) is 6.81. The van der Waals surface area contributed by atoms with E-state index >= 15 is 0 Å². The summed E-state index contributed by atoms with van der Waals surface area (Å²) >= 11 is 0. The maximum atomic E-state index is 12.0. The van der Waals surface area contributed by atoms with Gasteiger partial charge in [0.1, 0.15) is 24.0 Å². The van der Waals surface area contributed by atoms with Gasteiger partial charge in [0.15, 0.2) is 6.29 Å². The summed E-state index contributed by atoms with van der Waals surface area (Å²) in [4.78, 5) is 23.8. The number of esters is 2. The van der Waals surface area contributed by atoms with Gasteiger partial charge >= 0.3 is 11.9 Å². The Morgan fingerprint density at radius 1 is 1.15 bits per heavy atom. The van der Waals surface area contributed by atoms with Crippen molar-refractivity contribution in [3.63, 3.8) is 0 Å². The van der Waals surface area contributed by atoms with Crippen LogP contribution in [-0.4, -0.2) is 50.9 Å². The highest BCUT2D eigenvalue weighted by Crippen LogP contribution is 2.15. The molecule has 5 N–H and O–H groups in total. The molecule has 0 aromatic heterocycles. The Balaban J connectivity index is 2.81. The van der Waals surface area contributed by atoms with Crippen LogP contribution in [0.4, 0.5) is 0 Å². The van der Waals surface area contributed by atoms with Gasteiger partial charge < -0.3 is 30.0 Å². The molecule has 0 bridgehead atoms. The fourth-order valence-corrected chi connectivity index (χ4v) is 1.96. The highest BCUT2D eigenvalue weighted by Gasteiger charge is 2.28. The molecule has 0 amide bonds. The van der Waals surface area contributed by atoms with E-state index in [-0.39, 0.29) is 6.61 Å². The number of ether oxygens (including phenoxy) is 2. The quantitative estimate of drug-likeness (QED) is 0.138. The van der Waals surface area contributed by atoms with Crippen LogP contribution in [-0.2, 0) is 25.7 Å². The molecule has 0 aliphatic rings. The molecule has 9 heteroatoms. The van der Waals surface area contributed by atoms with Crippen molar-refractivity contribution >= 4 is 11.9 Å². The Hall–Kier alpha value is -2.46. The molecular formula is C17H23NO8. The summed E-state index contributed by atoms with van der Waals surface area (Å²) in [7, 11) is 0. The lowest BCUT2D eigenvalue weighted by molar-refractivity contribution is -0.151. The predicted octanol–water partition coefficient (Wildman–Crippen LogP) is 0.542. The van der Waals surface area contributed by atoms with Gasteiger partial charge in [-0.3, -0.25) is 4.79 Å². The van der Waals surface area contributed by atoms with Crippen LogP contribution in [0.25, 0.3) is 0 Å². The fourth-order valence-electron chi connectivity index (χ4n) is 1.96. The lowest BCUT2D eigenvalue weighted by Gasteiger charge is -2.17. The summed E-state index contributed by atoms with van der Waals surface area (Å²) in [6.07, 6.45) is -3.50. The van der Waals surface area contributed by atoms with E-state index < -0.39 is 48.1 Å². The van der Waals surface area contributed by atoms with E-state index in [4.69, 9.17) is 14.7 Å². The molecule has 1 aromatic carbocycles. The Morgan fingerprint density at radius 2 is 1.77 bits per heavy atom. The summed E-state index contributed by atoms with van der Waals surface area (Å²) in [5.74, 6) is -2.89. The van der Waals surface area contributed by atoms with Gasteiger partial charge in [0.2, 0.25) is 0 Å². The number of carbonyl (C=O) groups is 2. The van der Waals surface area contributed by atoms with Crippen molar-refractivity contribution in [2.45, 2.75) is 45.3 Å². The molecule has 26 heavy (non-hydrogen) atoms. The number of rotatable bonds is 9. The van der Waals surface area contributed by atoms with Gasteiger partial charge in [0.25, 0.3) is 0 Å². The Bertz CT molecular complexity index is 627. The fraction of sp³-hybridized carbons (Fsp3) is 0.412. The minimum atomic E-state index is -2.32. The molecule has 0 aliphatic heterocycles. The second-order valence-electron chi connectivity index (χ2n) is 5.67. The van der Waals surface area contributed by atoms with Gasteiger partial charge in [-0.2, -0.15) is 5.48 Å². The Labute approximate surface area is 150 Å². The summed E-state index contributed by atoms with van der Waals surface area (Å²) in [5, 5.41) is 37.7. The zero-order valence-electron chi connectivity index (χ0n) is 14.5. The first-order valence-electron chi connectivity index (χ1n) is 7.85. The minimum Gasteiger partial charge on any atom is -0.511 e. The van der Waals surface area contributed by atoms with E-state index in [0.717, 1.165) is 0 Å². The predicted molar refractivity (Wildman–Crippen MR) is 88.7 cm³/mol. The normalized spacial score (nSPS) is 13.3. The number of hydrogen-bond donors (Lipinski definition) is 5. The summed E-state index contributed by atoms with van der Waals surface area (Å²) in [5.41, 5.74) is 1.55. The first-order valence-corrected chi connectivity index (χ1v) is 7.85. The monoisotopic (exact) mass is 369 g/mol. The third-order valence-corrected chi connectivity index (χ3v) is 3.19. The number of carbonyl (C=O) groups excluding carboxylic acids is 2. The second-order valence-corrected chi connectivity index (χ2v) is 5.67. The molecule has 1 atom stereocenters. The van der Waals surface area contributed by atoms with Crippen LogP contribution >= 0.6 is 0 Å². The number of aliphatic hydroxyl groups is 3. The SMILES string of the molecule is CC(C)OC(=O)/C(=C(/O)C[C@H](NO)C(=O)OCc1ccccc1)C(O)O. The number of hydrogen-bond acceptors (Lipinski definition) is 9. The average molecular weight is 369 g/mol. The number of nitrogens with one attached hydrogen (secondary N) is 1. The van der Waals surface area contributed by atoms with Crippen LogP contribution in [0.15, 0.2) is 41.7 Å². The van der Waals surface area contributed by atoms with Crippen molar-refractivity contribution in [1.29, 1.82) is 0 Å². The third-order valence-electron chi connectivity index (χ3n) is 3.19. The van der Waals surface area contributed by atoms with Gasteiger partial charge in [-0.15, -0.1) is 0 Å².